The maximum absolute atomic E-state index is 13.2. The second-order valence-electron chi connectivity index (χ2n) is 5.45. The lowest BCUT2D eigenvalue weighted by atomic mass is 9.77. The molecule has 1 unspecified atom stereocenters. The van der Waals surface area contributed by atoms with Gasteiger partial charge in [-0.3, -0.25) is 0 Å². The summed E-state index contributed by atoms with van der Waals surface area (Å²) in [5, 5.41) is 3.44. The molecule has 0 amide bonds. The normalized spacial score (nSPS) is 26.0. The molecule has 0 saturated heterocycles. The number of hydrogen-bond acceptors (Lipinski definition) is 1. The molecule has 2 rings (SSSR count). The van der Waals surface area contributed by atoms with Gasteiger partial charge in [-0.2, -0.15) is 0 Å². The van der Waals surface area contributed by atoms with E-state index in [1.807, 2.05) is 13.1 Å². The highest BCUT2D eigenvalue weighted by molar-refractivity contribution is 14.1. The molecule has 1 aromatic rings. The maximum Gasteiger partial charge on any atom is 0.124 e. The van der Waals surface area contributed by atoms with E-state index in [1.165, 1.54) is 31.2 Å². The molecular formula is C15H21FIN. The molecule has 3 heteroatoms. The van der Waals surface area contributed by atoms with E-state index < -0.39 is 0 Å². The van der Waals surface area contributed by atoms with Crippen LogP contribution in [0.4, 0.5) is 4.39 Å². The van der Waals surface area contributed by atoms with Gasteiger partial charge in [0.05, 0.1) is 0 Å². The van der Waals surface area contributed by atoms with E-state index in [4.69, 9.17) is 0 Å². The highest BCUT2D eigenvalue weighted by Gasteiger charge is 2.27. The summed E-state index contributed by atoms with van der Waals surface area (Å²) in [4.78, 5) is 0. The lowest BCUT2D eigenvalue weighted by Gasteiger charge is -2.33. The van der Waals surface area contributed by atoms with Crippen molar-refractivity contribution in [3.8, 4) is 0 Å². The van der Waals surface area contributed by atoms with Gasteiger partial charge in [-0.25, -0.2) is 4.39 Å². The number of halogens is 2. The predicted molar refractivity (Wildman–Crippen MR) is 82.0 cm³/mol. The third kappa shape index (κ3) is 3.23. The lowest BCUT2D eigenvalue weighted by Crippen LogP contribution is -2.29. The minimum atomic E-state index is -0.143. The fourth-order valence-electron chi connectivity index (χ4n) is 3.02. The van der Waals surface area contributed by atoms with Gasteiger partial charge in [-0.15, -0.1) is 0 Å². The Morgan fingerprint density at radius 3 is 2.50 bits per heavy atom. The van der Waals surface area contributed by atoms with Crippen molar-refractivity contribution in [1.29, 1.82) is 0 Å². The molecule has 0 heterocycles. The minimum absolute atomic E-state index is 0.143. The van der Waals surface area contributed by atoms with Crippen LogP contribution in [0.25, 0.3) is 0 Å². The first kappa shape index (κ1) is 14.3. The van der Waals surface area contributed by atoms with Gasteiger partial charge in [-0.05, 0) is 72.0 Å². The highest BCUT2D eigenvalue weighted by atomic mass is 127. The van der Waals surface area contributed by atoms with Crippen LogP contribution in [0.3, 0.4) is 0 Å². The van der Waals surface area contributed by atoms with E-state index >= 15 is 0 Å². The molecule has 0 bridgehead atoms. The first-order chi connectivity index (χ1) is 8.61. The molecule has 1 aliphatic rings. The smallest absolute Gasteiger partial charge is 0.124 e. The Bertz CT molecular complexity index is 399. The van der Waals surface area contributed by atoms with E-state index in [0.29, 0.717) is 12.0 Å². The van der Waals surface area contributed by atoms with E-state index in [1.54, 1.807) is 12.1 Å². The van der Waals surface area contributed by atoms with Gasteiger partial charge in [-0.1, -0.05) is 25.8 Å². The standard InChI is InChI=1S/C15H21FIN/c1-10-3-5-11(6-4-10)15(18-2)13-8-7-12(16)9-14(13)17/h7-11,15,18H,3-6H2,1-2H3. The van der Waals surface area contributed by atoms with Crippen LogP contribution in [0.1, 0.15) is 44.2 Å². The molecule has 100 valence electrons. The maximum atomic E-state index is 13.2. The van der Waals surface area contributed by atoms with E-state index in [-0.39, 0.29) is 5.82 Å². The van der Waals surface area contributed by atoms with Crippen molar-refractivity contribution in [1.82, 2.24) is 5.32 Å². The van der Waals surface area contributed by atoms with Gasteiger partial charge < -0.3 is 5.32 Å². The molecule has 1 nitrogen and oxygen atoms in total. The van der Waals surface area contributed by atoms with E-state index in [9.17, 15) is 4.39 Å². The summed E-state index contributed by atoms with van der Waals surface area (Å²) in [5.41, 5.74) is 1.25. The van der Waals surface area contributed by atoms with E-state index in [0.717, 1.165) is 9.49 Å². The van der Waals surface area contributed by atoms with Crippen molar-refractivity contribution in [3.05, 3.63) is 33.1 Å². The van der Waals surface area contributed by atoms with Crippen LogP contribution in [-0.2, 0) is 0 Å². The topological polar surface area (TPSA) is 12.0 Å². The molecule has 1 fully saturated rings. The molecule has 1 atom stereocenters. The fraction of sp³-hybridized carbons (Fsp3) is 0.600. The monoisotopic (exact) mass is 361 g/mol. The number of hydrogen-bond donors (Lipinski definition) is 1. The molecule has 0 aromatic heterocycles. The van der Waals surface area contributed by atoms with Crippen LogP contribution < -0.4 is 5.32 Å². The zero-order valence-corrected chi connectivity index (χ0v) is 13.2. The molecule has 1 aromatic carbocycles. The van der Waals surface area contributed by atoms with Crippen molar-refractivity contribution < 1.29 is 4.39 Å². The van der Waals surface area contributed by atoms with Gasteiger partial charge in [0.1, 0.15) is 5.82 Å². The Balaban J connectivity index is 2.17. The molecule has 1 aliphatic carbocycles. The van der Waals surface area contributed by atoms with Crippen LogP contribution in [0.2, 0.25) is 0 Å². The lowest BCUT2D eigenvalue weighted by molar-refractivity contribution is 0.237. The third-order valence-electron chi connectivity index (χ3n) is 4.14. The Hall–Kier alpha value is -0.160. The summed E-state index contributed by atoms with van der Waals surface area (Å²) in [5.74, 6) is 1.41. The second kappa shape index (κ2) is 6.33. The largest absolute Gasteiger partial charge is 0.313 e. The first-order valence-electron chi connectivity index (χ1n) is 6.74. The predicted octanol–water partition coefficient (Wildman–Crippen LogP) is 4.52. The van der Waals surface area contributed by atoms with Crippen molar-refractivity contribution in [2.75, 3.05) is 7.05 Å². The summed E-state index contributed by atoms with van der Waals surface area (Å²) in [6.45, 7) is 2.34. The highest BCUT2D eigenvalue weighted by Crippen LogP contribution is 2.37. The summed E-state index contributed by atoms with van der Waals surface area (Å²) in [6.07, 6.45) is 5.20. The van der Waals surface area contributed by atoms with Gasteiger partial charge in [0.2, 0.25) is 0 Å². The van der Waals surface area contributed by atoms with E-state index in [2.05, 4.69) is 34.8 Å². The Morgan fingerprint density at radius 2 is 1.94 bits per heavy atom. The van der Waals surface area contributed by atoms with Crippen LogP contribution in [-0.4, -0.2) is 7.05 Å². The molecule has 18 heavy (non-hydrogen) atoms. The van der Waals surface area contributed by atoms with Gasteiger partial charge in [0, 0.05) is 9.61 Å². The number of nitrogens with one attached hydrogen (secondary N) is 1. The van der Waals surface area contributed by atoms with Gasteiger partial charge in [0.15, 0.2) is 0 Å². The van der Waals surface area contributed by atoms with Crippen molar-refractivity contribution in [2.24, 2.45) is 11.8 Å². The van der Waals surface area contributed by atoms with Crippen molar-refractivity contribution in [3.63, 3.8) is 0 Å². The van der Waals surface area contributed by atoms with Crippen LogP contribution in [0.15, 0.2) is 18.2 Å². The fourth-order valence-corrected chi connectivity index (χ4v) is 3.83. The molecule has 0 radical (unpaired) electrons. The average Bonchev–Trinajstić information content (AvgIpc) is 2.35. The van der Waals surface area contributed by atoms with Crippen molar-refractivity contribution in [2.45, 2.75) is 38.6 Å². The number of benzene rings is 1. The van der Waals surface area contributed by atoms with Crippen LogP contribution in [0, 0.1) is 21.2 Å². The molecular weight excluding hydrogens is 340 g/mol. The summed E-state index contributed by atoms with van der Waals surface area (Å²) in [6, 6.07) is 5.51. The van der Waals surface area contributed by atoms with Gasteiger partial charge in [0.25, 0.3) is 0 Å². The van der Waals surface area contributed by atoms with Crippen LogP contribution in [0.5, 0.6) is 0 Å². The molecule has 1 N–H and O–H groups in total. The summed E-state index contributed by atoms with van der Waals surface area (Å²) < 4.78 is 14.2. The Morgan fingerprint density at radius 1 is 1.28 bits per heavy atom. The number of rotatable bonds is 3. The summed E-state index contributed by atoms with van der Waals surface area (Å²) >= 11 is 2.24. The Kier molecular flexibility index (Phi) is 5.01. The quantitative estimate of drug-likeness (QED) is 0.781. The summed E-state index contributed by atoms with van der Waals surface area (Å²) in [7, 11) is 2.02. The molecule has 0 aliphatic heterocycles. The minimum Gasteiger partial charge on any atom is -0.313 e. The van der Waals surface area contributed by atoms with Crippen LogP contribution >= 0.6 is 22.6 Å². The molecule has 0 spiro atoms. The zero-order valence-electron chi connectivity index (χ0n) is 11.0. The SMILES string of the molecule is CNC(c1ccc(F)cc1I)C1CCC(C)CC1. The molecule has 1 saturated carbocycles. The first-order valence-corrected chi connectivity index (χ1v) is 7.82. The Labute approximate surface area is 123 Å². The zero-order chi connectivity index (χ0) is 13.1. The van der Waals surface area contributed by atoms with Gasteiger partial charge >= 0.3 is 0 Å². The average molecular weight is 361 g/mol. The van der Waals surface area contributed by atoms with Crippen molar-refractivity contribution >= 4 is 22.6 Å². The third-order valence-corrected chi connectivity index (χ3v) is 5.07. The second-order valence-corrected chi connectivity index (χ2v) is 6.61.